The zero-order valence-corrected chi connectivity index (χ0v) is 13.2. The number of hydrogen-bond acceptors (Lipinski definition) is 1. The van der Waals surface area contributed by atoms with Gasteiger partial charge < -0.3 is 5.32 Å². The summed E-state index contributed by atoms with van der Waals surface area (Å²) in [5, 5.41) is 3.11. The summed E-state index contributed by atoms with van der Waals surface area (Å²) >= 11 is 3.46. The highest BCUT2D eigenvalue weighted by Crippen LogP contribution is 2.20. The Morgan fingerprint density at radius 2 is 1.94 bits per heavy atom. The minimum Gasteiger partial charge on any atom is -0.349 e. The topological polar surface area (TPSA) is 29.1 Å². The normalized spacial score (nSPS) is 12.6. The lowest BCUT2D eigenvalue weighted by molar-refractivity contribution is 0.0924. The Hall–Kier alpha value is -0.830. The summed E-state index contributed by atoms with van der Waals surface area (Å²) in [6, 6.07) is 5.94. The van der Waals surface area contributed by atoms with Crippen LogP contribution in [0.25, 0.3) is 0 Å². The first-order chi connectivity index (χ1) is 8.51. The molecule has 0 saturated heterocycles. The van der Waals surface area contributed by atoms with E-state index in [0.29, 0.717) is 5.92 Å². The summed E-state index contributed by atoms with van der Waals surface area (Å²) in [5.74, 6) is 0.564. The van der Waals surface area contributed by atoms with Crippen molar-refractivity contribution in [2.75, 3.05) is 0 Å². The average Bonchev–Trinajstić information content (AvgIpc) is 2.34. The number of rotatable bonds is 5. The Bertz CT molecular complexity index is 413. The van der Waals surface area contributed by atoms with E-state index in [1.54, 1.807) is 0 Å². The molecular formula is C15H22BrNO. The van der Waals surface area contributed by atoms with Gasteiger partial charge in [-0.1, -0.05) is 48.7 Å². The molecule has 0 aliphatic rings. The Labute approximate surface area is 118 Å². The third kappa shape index (κ3) is 3.58. The predicted molar refractivity (Wildman–Crippen MR) is 79.9 cm³/mol. The van der Waals surface area contributed by atoms with Gasteiger partial charge in [0.2, 0.25) is 0 Å². The number of carbonyl (C=O) groups excluding carboxylic acids is 1. The van der Waals surface area contributed by atoms with E-state index in [4.69, 9.17) is 0 Å². The van der Waals surface area contributed by atoms with E-state index in [9.17, 15) is 4.79 Å². The Kier molecular flexibility index (Phi) is 5.86. The van der Waals surface area contributed by atoms with Crippen LogP contribution in [0.4, 0.5) is 0 Å². The molecule has 1 aromatic carbocycles. The molecule has 2 nitrogen and oxygen atoms in total. The van der Waals surface area contributed by atoms with Crippen molar-refractivity contribution in [3.8, 4) is 0 Å². The first-order valence-corrected chi connectivity index (χ1v) is 7.36. The number of amides is 1. The minimum absolute atomic E-state index is 0.0215. The van der Waals surface area contributed by atoms with Crippen LogP contribution in [0.15, 0.2) is 22.7 Å². The third-order valence-corrected chi connectivity index (χ3v) is 4.49. The van der Waals surface area contributed by atoms with E-state index < -0.39 is 0 Å². The van der Waals surface area contributed by atoms with Gasteiger partial charge in [0.05, 0.1) is 0 Å². The molecule has 3 heteroatoms. The highest BCUT2D eigenvalue weighted by atomic mass is 79.9. The van der Waals surface area contributed by atoms with Crippen molar-refractivity contribution in [3.63, 3.8) is 0 Å². The minimum atomic E-state index is 0.0215. The van der Waals surface area contributed by atoms with Crippen LogP contribution < -0.4 is 5.32 Å². The number of benzene rings is 1. The van der Waals surface area contributed by atoms with Gasteiger partial charge in [-0.25, -0.2) is 0 Å². The van der Waals surface area contributed by atoms with Crippen LogP contribution in [0.1, 0.15) is 49.5 Å². The summed E-state index contributed by atoms with van der Waals surface area (Å²) in [4.78, 5) is 12.2. The van der Waals surface area contributed by atoms with E-state index >= 15 is 0 Å². The molecule has 0 aliphatic heterocycles. The molecule has 0 aromatic heterocycles. The highest BCUT2D eigenvalue weighted by Gasteiger charge is 2.18. The van der Waals surface area contributed by atoms with Crippen molar-refractivity contribution in [1.82, 2.24) is 5.32 Å². The van der Waals surface area contributed by atoms with Crippen molar-refractivity contribution >= 4 is 21.8 Å². The molecule has 0 saturated carbocycles. The van der Waals surface area contributed by atoms with Crippen molar-refractivity contribution in [2.45, 2.75) is 46.6 Å². The lowest BCUT2D eigenvalue weighted by atomic mass is 9.95. The molecule has 0 radical (unpaired) electrons. The van der Waals surface area contributed by atoms with E-state index in [2.05, 4.69) is 42.0 Å². The van der Waals surface area contributed by atoms with E-state index in [1.165, 1.54) is 0 Å². The van der Waals surface area contributed by atoms with Gasteiger partial charge in [-0.3, -0.25) is 4.79 Å². The first-order valence-electron chi connectivity index (χ1n) is 6.57. The van der Waals surface area contributed by atoms with Gasteiger partial charge in [-0.2, -0.15) is 0 Å². The average molecular weight is 312 g/mol. The second-order valence-electron chi connectivity index (χ2n) is 4.75. The fourth-order valence-electron chi connectivity index (χ4n) is 2.25. The molecule has 0 heterocycles. The van der Waals surface area contributed by atoms with Gasteiger partial charge in [0, 0.05) is 16.1 Å². The van der Waals surface area contributed by atoms with Crippen molar-refractivity contribution < 1.29 is 4.79 Å². The van der Waals surface area contributed by atoms with Gasteiger partial charge in [0.25, 0.3) is 5.91 Å². The molecule has 1 atom stereocenters. The summed E-state index contributed by atoms with van der Waals surface area (Å²) in [6.07, 6.45) is 2.19. The molecule has 100 valence electrons. The summed E-state index contributed by atoms with van der Waals surface area (Å²) in [7, 11) is 0. The maximum atomic E-state index is 12.2. The quantitative estimate of drug-likeness (QED) is 0.862. The van der Waals surface area contributed by atoms with Crippen molar-refractivity contribution in [3.05, 3.63) is 33.8 Å². The van der Waals surface area contributed by atoms with Crippen molar-refractivity contribution in [1.29, 1.82) is 0 Å². The van der Waals surface area contributed by atoms with Crippen LogP contribution in [-0.2, 0) is 0 Å². The smallest absolute Gasteiger partial charge is 0.251 e. The molecule has 1 N–H and O–H groups in total. The van der Waals surface area contributed by atoms with E-state index in [0.717, 1.165) is 28.4 Å². The van der Waals surface area contributed by atoms with Gasteiger partial charge in [0.1, 0.15) is 0 Å². The number of nitrogens with one attached hydrogen (secondary N) is 1. The fourth-order valence-corrected chi connectivity index (χ4v) is 2.62. The second kappa shape index (κ2) is 6.93. The number of carbonyl (C=O) groups is 1. The molecule has 0 fully saturated rings. The maximum absolute atomic E-state index is 12.2. The molecule has 0 aliphatic carbocycles. The van der Waals surface area contributed by atoms with E-state index in [-0.39, 0.29) is 11.9 Å². The van der Waals surface area contributed by atoms with Gasteiger partial charge >= 0.3 is 0 Å². The van der Waals surface area contributed by atoms with Gasteiger partial charge in [-0.05, 0) is 37.5 Å². The second-order valence-corrected chi connectivity index (χ2v) is 5.61. The Morgan fingerprint density at radius 3 is 2.50 bits per heavy atom. The van der Waals surface area contributed by atoms with Crippen LogP contribution in [0, 0.1) is 12.8 Å². The van der Waals surface area contributed by atoms with Crippen LogP contribution in [0.2, 0.25) is 0 Å². The molecule has 0 bridgehead atoms. The molecule has 1 unspecified atom stereocenters. The lowest BCUT2D eigenvalue weighted by Gasteiger charge is -2.23. The largest absolute Gasteiger partial charge is 0.349 e. The SMILES string of the molecule is CCC(CC)C(C)NC(=O)c1cccc(Br)c1C. The summed E-state index contributed by atoms with van der Waals surface area (Å²) in [6.45, 7) is 8.38. The zero-order chi connectivity index (χ0) is 13.7. The first kappa shape index (κ1) is 15.2. The predicted octanol–water partition coefficient (Wildman–Crippen LogP) is 4.31. The maximum Gasteiger partial charge on any atom is 0.251 e. The Balaban J connectivity index is 2.79. The lowest BCUT2D eigenvalue weighted by Crippen LogP contribution is -2.38. The zero-order valence-electron chi connectivity index (χ0n) is 11.6. The van der Waals surface area contributed by atoms with Gasteiger partial charge in [-0.15, -0.1) is 0 Å². The molecule has 18 heavy (non-hydrogen) atoms. The summed E-state index contributed by atoms with van der Waals surface area (Å²) < 4.78 is 0.977. The molecule has 1 aromatic rings. The standard InChI is InChI=1S/C15H22BrNO/c1-5-12(6-2)11(4)17-15(18)13-8-7-9-14(16)10(13)3/h7-9,11-12H,5-6H2,1-4H3,(H,17,18). The van der Waals surface area contributed by atoms with Crippen LogP contribution in [0.5, 0.6) is 0 Å². The third-order valence-electron chi connectivity index (χ3n) is 3.63. The molecule has 1 amide bonds. The van der Waals surface area contributed by atoms with Gasteiger partial charge in [0.15, 0.2) is 0 Å². The number of hydrogen-bond donors (Lipinski definition) is 1. The van der Waals surface area contributed by atoms with Crippen LogP contribution >= 0.6 is 15.9 Å². The summed E-state index contributed by atoms with van der Waals surface area (Å²) in [5.41, 5.74) is 1.74. The molecular weight excluding hydrogens is 290 g/mol. The van der Waals surface area contributed by atoms with E-state index in [1.807, 2.05) is 25.1 Å². The van der Waals surface area contributed by atoms with Crippen LogP contribution in [-0.4, -0.2) is 11.9 Å². The van der Waals surface area contributed by atoms with Crippen LogP contribution in [0.3, 0.4) is 0 Å². The number of halogens is 1. The highest BCUT2D eigenvalue weighted by molar-refractivity contribution is 9.10. The molecule has 1 rings (SSSR count). The monoisotopic (exact) mass is 311 g/mol. The fraction of sp³-hybridized carbons (Fsp3) is 0.533. The Morgan fingerprint density at radius 1 is 1.33 bits per heavy atom. The van der Waals surface area contributed by atoms with Crippen molar-refractivity contribution in [2.24, 2.45) is 5.92 Å². The molecule has 0 spiro atoms.